The predicted molar refractivity (Wildman–Crippen MR) is 71.4 cm³/mol. The molecule has 1 heterocycles. The number of aromatic amines is 1. The van der Waals surface area contributed by atoms with Crippen LogP contribution in [-0.4, -0.2) is 16.1 Å². The normalized spacial score (nSPS) is 10.8. The summed E-state index contributed by atoms with van der Waals surface area (Å²) in [6.07, 6.45) is 0. The van der Waals surface area contributed by atoms with Gasteiger partial charge < -0.3 is 11.1 Å². The first-order chi connectivity index (χ1) is 9.40. The van der Waals surface area contributed by atoms with Crippen LogP contribution in [0, 0.1) is 11.6 Å². The molecule has 0 fully saturated rings. The number of carbonyl (C=O) groups excluding carboxylic acids is 1. The van der Waals surface area contributed by atoms with Crippen LogP contribution in [0.3, 0.4) is 0 Å². The molecular weight excluding hydrogens is 266 g/mol. The van der Waals surface area contributed by atoms with Crippen LogP contribution in [0.15, 0.2) is 18.2 Å². The van der Waals surface area contributed by atoms with Crippen molar-refractivity contribution in [1.82, 2.24) is 10.2 Å². The number of hydrogen-bond acceptors (Lipinski definition) is 3. The summed E-state index contributed by atoms with van der Waals surface area (Å²) in [5.41, 5.74) is 6.52. The Kier molecular flexibility index (Phi) is 3.69. The van der Waals surface area contributed by atoms with Crippen LogP contribution in [0.2, 0.25) is 0 Å². The van der Waals surface area contributed by atoms with E-state index in [1.807, 2.05) is 13.8 Å². The number of nitrogen functional groups attached to an aromatic ring is 1. The smallest absolute Gasteiger partial charge is 0.278 e. The van der Waals surface area contributed by atoms with E-state index in [0.29, 0.717) is 11.8 Å². The number of nitrogens with one attached hydrogen (secondary N) is 2. The van der Waals surface area contributed by atoms with Gasteiger partial charge in [-0.25, -0.2) is 8.78 Å². The molecule has 0 radical (unpaired) electrons. The zero-order valence-corrected chi connectivity index (χ0v) is 11.0. The van der Waals surface area contributed by atoms with Crippen molar-refractivity contribution in [2.75, 3.05) is 11.1 Å². The highest BCUT2D eigenvalue weighted by molar-refractivity contribution is 6.06. The average molecular weight is 280 g/mol. The highest BCUT2D eigenvalue weighted by Crippen LogP contribution is 2.23. The van der Waals surface area contributed by atoms with Gasteiger partial charge >= 0.3 is 0 Å². The number of benzene rings is 1. The molecule has 0 saturated carbocycles. The van der Waals surface area contributed by atoms with Crippen molar-refractivity contribution in [2.45, 2.75) is 19.8 Å². The molecule has 1 aromatic carbocycles. The summed E-state index contributed by atoms with van der Waals surface area (Å²) in [5, 5.41) is 8.80. The van der Waals surface area contributed by atoms with Crippen molar-refractivity contribution in [3.05, 3.63) is 41.2 Å². The summed E-state index contributed by atoms with van der Waals surface area (Å²) in [6.45, 7) is 3.79. The maximum absolute atomic E-state index is 13.4. The second-order valence-electron chi connectivity index (χ2n) is 4.63. The first-order valence-electron chi connectivity index (χ1n) is 6.00. The molecule has 0 bridgehead atoms. The van der Waals surface area contributed by atoms with Gasteiger partial charge in [-0.05, 0) is 18.1 Å². The lowest BCUT2D eigenvalue weighted by Crippen LogP contribution is -2.15. The van der Waals surface area contributed by atoms with Gasteiger partial charge in [0.05, 0.1) is 17.1 Å². The molecule has 0 spiro atoms. The van der Waals surface area contributed by atoms with Crippen molar-refractivity contribution in [3.63, 3.8) is 0 Å². The number of carbonyl (C=O) groups is 1. The lowest BCUT2D eigenvalue weighted by Gasteiger charge is -2.06. The molecule has 2 rings (SSSR count). The third-order valence-corrected chi connectivity index (χ3v) is 2.81. The van der Waals surface area contributed by atoms with E-state index in [9.17, 15) is 13.6 Å². The van der Waals surface area contributed by atoms with Crippen LogP contribution in [0.1, 0.15) is 35.9 Å². The summed E-state index contributed by atoms with van der Waals surface area (Å²) in [7, 11) is 0. The molecule has 20 heavy (non-hydrogen) atoms. The fraction of sp³-hybridized carbons (Fsp3) is 0.231. The molecule has 2 aromatic rings. The molecule has 0 aliphatic rings. The van der Waals surface area contributed by atoms with Gasteiger partial charge in [0.1, 0.15) is 11.6 Å². The lowest BCUT2D eigenvalue weighted by atomic mass is 10.1. The predicted octanol–water partition coefficient (Wildman–Crippen LogP) is 2.65. The van der Waals surface area contributed by atoms with E-state index in [2.05, 4.69) is 15.5 Å². The molecule has 1 aromatic heterocycles. The maximum atomic E-state index is 13.4. The molecule has 0 aliphatic carbocycles. The van der Waals surface area contributed by atoms with E-state index in [4.69, 9.17) is 5.73 Å². The number of hydrogen-bond donors (Lipinski definition) is 3. The summed E-state index contributed by atoms with van der Waals surface area (Å²) >= 11 is 0. The molecule has 7 heteroatoms. The SMILES string of the molecule is CC(C)c1[nH]nc(C(=O)Nc2ccc(F)cc2F)c1N. The number of anilines is 2. The summed E-state index contributed by atoms with van der Waals surface area (Å²) in [6, 6.07) is 2.87. The second kappa shape index (κ2) is 5.28. The van der Waals surface area contributed by atoms with Crippen molar-refractivity contribution in [1.29, 1.82) is 0 Å². The van der Waals surface area contributed by atoms with E-state index in [1.165, 1.54) is 0 Å². The highest BCUT2D eigenvalue weighted by Gasteiger charge is 2.19. The second-order valence-corrected chi connectivity index (χ2v) is 4.63. The average Bonchev–Trinajstić information content (AvgIpc) is 2.74. The standard InChI is InChI=1S/C13H14F2N4O/c1-6(2)11-10(16)12(19-18-11)13(20)17-9-4-3-7(14)5-8(9)15/h3-6H,16H2,1-2H3,(H,17,20)(H,18,19). The van der Waals surface area contributed by atoms with Gasteiger partial charge in [-0.2, -0.15) is 5.10 Å². The number of aromatic nitrogens is 2. The van der Waals surface area contributed by atoms with Gasteiger partial charge in [-0.3, -0.25) is 9.89 Å². The number of halogens is 2. The van der Waals surface area contributed by atoms with Crippen LogP contribution in [0.5, 0.6) is 0 Å². The lowest BCUT2D eigenvalue weighted by molar-refractivity contribution is 0.102. The third-order valence-electron chi connectivity index (χ3n) is 2.81. The van der Waals surface area contributed by atoms with Gasteiger partial charge in [0.25, 0.3) is 5.91 Å². The quantitative estimate of drug-likeness (QED) is 0.808. The maximum Gasteiger partial charge on any atom is 0.278 e. The van der Waals surface area contributed by atoms with Gasteiger partial charge in [0, 0.05) is 6.07 Å². The molecule has 106 valence electrons. The molecule has 1 amide bonds. The van der Waals surface area contributed by atoms with Gasteiger partial charge in [0.15, 0.2) is 5.69 Å². The number of nitrogens with two attached hydrogens (primary N) is 1. The van der Waals surface area contributed by atoms with E-state index in [0.717, 1.165) is 12.1 Å². The van der Waals surface area contributed by atoms with Gasteiger partial charge in [0.2, 0.25) is 0 Å². The van der Waals surface area contributed by atoms with Crippen molar-refractivity contribution < 1.29 is 13.6 Å². The Labute approximate surface area is 114 Å². The minimum atomic E-state index is -0.864. The molecule has 5 nitrogen and oxygen atoms in total. The number of H-pyrrole nitrogens is 1. The molecule has 4 N–H and O–H groups in total. The Morgan fingerprint density at radius 3 is 2.65 bits per heavy atom. The minimum absolute atomic E-state index is 0.0163. The Morgan fingerprint density at radius 2 is 2.10 bits per heavy atom. The number of nitrogens with zero attached hydrogens (tertiary/aromatic N) is 1. The molecule has 0 unspecified atom stereocenters. The Balaban J connectivity index is 2.24. The monoisotopic (exact) mass is 280 g/mol. The number of rotatable bonds is 3. The first kappa shape index (κ1) is 14.0. The molecule has 0 saturated heterocycles. The Bertz CT molecular complexity index is 652. The van der Waals surface area contributed by atoms with E-state index < -0.39 is 17.5 Å². The van der Waals surface area contributed by atoms with Crippen molar-refractivity contribution in [3.8, 4) is 0 Å². The zero-order valence-electron chi connectivity index (χ0n) is 11.0. The van der Waals surface area contributed by atoms with E-state index in [-0.39, 0.29) is 23.0 Å². The summed E-state index contributed by atoms with van der Waals surface area (Å²) < 4.78 is 26.2. The van der Waals surface area contributed by atoms with Crippen molar-refractivity contribution in [2.24, 2.45) is 0 Å². The zero-order chi connectivity index (χ0) is 14.9. The topological polar surface area (TPSA) is 83.8 Å². The molecule has 0 aliphatic heterocycles. The van der Waals surface area contributed by atoms with E-state index >= 15 is 0 Å². The first-order valence-corrected chi connectivity index (χ1v) is 6.00. The largest absolute Gasteiger partial charge is 0.395 e. The fourth-order valence-electron chi connectivity index (χ4n) is 1.75. The Hall–Kier alpha value is -2.44. The molecule has 0 atom stereocenters. The minimum Gasteiger partial charge on any atom is -0.395 e. The van der Waals surface area contributed by atoms with Crippen molar-refractivity contribution >= 4 is 17.3 Å². The third kappa shape index (κ3) is 2.61. The summed E-state index contributed by atoms with van der Waals surface area (Å²) in [4.78, 5) is 12.0. The van der Waals surface area contributed by atoms with Crippen LogP contribution in [0.25, 0.3) is 0 Å². The summed E-state index contributed by atoms with van der Waals surface area (Å²) in [5.74, 6) is -2.17. The van der Waals surface area contributed by atoms with Gasteiger partial charge in [-0.1, -0.05) is 13.8 Å². The van der Waals surface area contributed by atoms with Crippen LogP contribution >= 0.6 is 0 Å². The van der Waals surface area contributed by atoms with Crippen LogP contribution < -0.4 is 11.1 Å². The Morgan fingerprint density at radius 1 is 1.40 bits per heavy atom. The van der Waals surface area contributed by atoms with Crippen LogP contribution in [-0.2, 0) is 0 Å². The van der Waals surface area contributed by atoms with Crippen LogP contribution in [0.4, 0.5) is 20.2 Å². The van der Waals surface area contributed by atoms with E-state index in [1.54, 1.807) is 0 Å². The fourth-order valence-corrected chi connectivity index (χ4v) is 1.75. The van der Waals surface area contributed by atoms with Gasteiger partial charge in [-0.15, -0.1) is 0 Å². The number of amides is 1. The molecular formula is C13H14F2N4O. The highest BCUT2D eigenvalue weighted by atomic mass is 19.1.